The molecule has 0 atom stereocenters. The smallest absolute Gasteiger partial charge is 0.266 e. The third-order valence-electron chi connectivity index (χ3n) is 1.99. The lowest BCUT2D eigenvalue weighted by molar-refractivity contribution is 0.0995. The average molecular weight is 266 g/mol. The summed E-state index contributed by atoms with van der Waals surface area (Å²) in [5.74, 6) is -0.513. The average Bonchev–Trinajstić information content (AvgIpc) is 2.67. The second-order valence-electron chi connectivity index (χ2n) is 3.01. The van der Waals surface area contributed by atoms with Crippen molar-refractivity contribution < 1.29 is 4.79 Å². The summed E-state index contributed by atoms with van der Waals surface area (Å²) in [5, 5.41) is 6.60. The Hall–Kier alpha value is -1.62. The van der Waals surface area contributed by atoms with Gasteiger partial charge in [0.15, 0.2) is 0 Å². The maximum Gasteiger partial charge on any atom is 0.266 e. The van der Waals surface area contributed by atoms with Gasteiger partial charge in [0.1, 0.15) is 5.69 Å². The number of amides is 1. The van der Waals surface area contributed by atoms with E-state index in [1.165, 1.54) is 0 Å². The fourth-order valence-corrected chi connectivity index (χ4v) is 1.74. The molecule has 1 heterocycles. The zero-order valence-electron chi connectivity index (χ0n) is 7.70. The first kappa shape index (κ1) is 9.92. The Morgan fingerprint density at radius 1 is 1.40 bits per heavy atom. The number of halogens is 1. The van der Waals surface area contributed by atoms with Crippen LogP contribution in [0.3, 0.4) is 0 Å². The molecule has 0 fully saturated rings. The van der Waals surface area contributed by atoms with Crippen molar-refractivity contribution in [2.75, 3.05) is 0 Å². The molecule has 0 bridgehead atoms. The predicted molar refractivity (Wildman–Crippen MR) is 60.2 cm³/mol. The van der Waals surface area contributed by atoms with Crippen LogP contribution in [0.1, 0.15) is 10.5 Å². The molecule has 1 amide bonds. The molecule has 15 heavy (non-hydrogen) atoms. The molecule has 0 aliphatic heterocycles. The Kier molecular flexibility index (Phi) is 2.55. The molecule has 1 aromatic carbocycles. The molecule has 0 saturated heterocycles. The summed E-state index contributed by atoms with van der Waals surface area (Å²) >= 11 is 3.41. The highest BCUT2D eigenvalue weighted by atomic mass is 79.9. The topological polar surface area (TPSA) is 71.8 Å². The van der Waals surface area contributed by atoms with Crippen LogP contribution >= 0.6 is 15.9 Å². The van der Waals surface area contributed by atoms with Gasteiger partial charge in [-0.05, 0) is 12.1 Å². The van der Waals surface area contributed by atoms with Crippen LogP contribution in [-0.2, 0) is 0 Å². The molecular weight excluding hydrogens is 258 g/mol. The SMILES string of the molecule is NC(=O)c1cc(-c2ccccc2Br)n[nH]1. The number of hydrogen-bond donors (Lipinski definition) is 2. The van der Waals surface area contributed by atoms with Crippen molar-refractivity contribution in [3.63, 3.8) is 0 Å². The van der Waals surface area contributed by atoms with E-state index in [0.29, 0.717) is 11.4 Å². The maximum atomic E-state index is 10.9. The normalized spacial score (nSPS) is 10.2. The van der Waals surface area contributed by atoms with Gasteiger partial charge in [-0.25, -0.2) is 0 Å². The molecule has 2 rings (SSSR count). The van der Waals surface area contributed by atoms with E-state index in [9.17, 15) is 4.79 Å². The number of nitrogens with zero attached hydrogens (tertiary/aromatic N) is 1. The molecule has 76 valence electrons. The third-order valence-corrected chi connectivity index (χ3v) is 2.68. The van der Waals surface area contributed by atoms with E-state index in [4.69, 9.17) is 5.73 Å². The first-order valence-electron chi connectivity index (χ1n) is 4.28. The second kappa shape index (κ2) is 3.86. The Morgan fingerprint density at radius 3 is 2.73 bits per heavy atom. The van der Waals surface area contributed by atoms with Crippen LogP contribution in [0.15, 0.2) is 34.8 Å². The Labute approximate surface area is 94.6 Å². The molecule has 4 nitrogen and oxygen atoms in total. The number of H-pyrrole nitrogens is 1. The van der Waals surface area contributed by atoms with Crippen LogP contribution in [0.25, 0.3) is 11.3 Å². The fraction of sp³-hybridized carbons (Fsp3) is 0. The number of aromatic nitrogens is 2. The highest BCUT2D eigenvalue weighted by molar-refractivity contribution is 9.10. The minimum absolute atomic E-state index is 0.306. The summed E-state index contributed by atoms with van der Waals surface area (Å²) in [6.45, 7) is 0. The lowest BCUT2D eigenvalue weighted by Gasteiger charge is -1.98. The number of carbonyl (C=O) groups excluding carboxylic acids is 1. The van der Waals surface area contributed by atoms with Gasteiger partial charge in [-0.15, -0.1) is 0 Å². The van der Waals surface area contributed by atoms with Crippen molar-refractivity contribution in [3.8, 4) is 11.3 Å². The molecular formula is C10H8BrN3O. The van der Waals surface area contributed by atoms with Gasteiger partial charge in [-0.1, -0.05) is 34.1 Å². The second-order valence-corrected chi connectivity index (χ2v) is 3.87. The summed E-state index contributed by atoms with van der Waals surface area (Å²) in [6.07, 6.45) is 0. The Balaban J connectivity index is 2.46. The summed E-state index contributed by atoms with van der Waals surface area (Å²) in [6, 6.07) is 9.26. The number of aromatic amines is 1. The number of nitrogens with two attached hydrogens (primary N) is 1. The largest absolute Gasteiger partial charge is 0.364 e. The highest BCUT2D eigenvalue weighted by Crippen LogP contribution is 2.26. The van der Waals surface area contributed by atoms with Crippen molar-refractivity contribution in [3.05, 3.63) is 40.5 Å². The summed E-state index contributed by atoms with van der Waals surface area (Å²) in [4.78, 5) is 10.9. The molecule has 0 saturated carbocycles. The number of nitrogens with one attached hydrogen (secondary N) is 1. The minimum Gasteiger partial charge on any atom is -0.364 e. The van der Waals surface area contributed by atoms with Crippen LogP contribution in [-0.4, -0.2) is 16.1 Å². The van der Waals surface area contributed by atoms with Gasteiger partial charge in [0.05, 0.1) is 5.69 Å². The summed E-state index contributed by atoms with van der Waals surface area (Å²) < 4.78 is 0.924. The van der Waals surface area contributed by atoms with Crippen molar-refractivity contribution in [1.29, 1.82) is 0 Å². The van der Waals surface area contributed by atoms with E-state index in [0.717, 1.165) is 10.0 Å². The molecule has 3 N–H and O–H groups in total. The molecule has 5 heteroatoms. The van der Waals surface area contributed by atoms with E-state index in [2.05, 4.69) is 26.1 Å². The number of primary amides is 1. The standard InChI is InChI=1S/C10H8BrN3O/c11-7-4-2-1-3-6(7)8-5-9(10(12)15)14-13-8/h1-5H,(H2,12,15)(H,13,14). The van der Waals surface area contributed by atoms with Crippen LogP contribution in [0.4, 0.5) is 0 Å². The van der Waals surface area contributed by atoms with Gasteiger partial charge < -0.3 is 5.73 Å². The lowest BCUT2D eigenvalue weighted by Crippen LogP contribution is -2.10. The number of benzene rings is 1. The van der Waals surface area contributed by atoms with E-state index < -0.39 is 5.91 Å². The van der Waals surface area contributed by atoms with Crippen LogP contribution in [0.5, 0.6) is 0 Å². The van der Waals surface area contributed by atoms with Gasteiger partial charge in [0, 0.05) is 10.0 Å². The van der Waals surface area contributed by atoms with Crippen molar-refractivity contribution in [2.24, 2.45) is 5.73 Å². The van der Waals surface area contributed by atoms with Gasteiger partial charge in [0.25, 0.3) is 5.91 Å². The maximum absolute atomic E-state index is 10.9. The third kappa shape index (κ3) is 1.92. The molecule has 0 radical (unpaired) electrons. The summed E-state index contributed by atoms with van der Waals surface area (Å²) in [5.41, 5.74) is 7.04. The number of carbonyl (C=O) groups is 1. The highest BCUT2D eigenvalue weighted by Gasteiger charge is 2.09. The first-order valence-corrected chi connectivity index (χ1v) is 5.08. The quantitative estimate of drug-likeness (QED) is 0.871. The van der Waals surface area contributed by atoms with Crippen LogP contribution in [0.2, 0.25) is 0 Å². The fourth-order valence-electron chi connectivity index (χ4n) is 1.25. The monoisotopic (exact) mass is 265 g/mol. The molecule has 0 aliphatic carbocycles. The Morgan fingerprint density at radius 2 is 2.13 bits per heavy atom. The minimum atomic E-state index is -0.513. The van der Waals surface area contributed by atoms with E-state index >= 15 is 0 Å². The van der Waals surface area contributed by atoms with Gasteiger partial charge in [-0.2, -0.15) is 5.10 Å². The van der Waals surface area contributed by atoms with E-state index in [1.807, 2.05) is 24.3 Å². The van der Waals surface area contributed by atoms with Crippen molar-refractivity contribution in [1.82, 2.24) is 10.2 Å². The zero-order valence-corrected chi connectivity index (χ0v) is 9.28. The number of rotatable bonds is 2. The van der Waals surface area contributed by atoms with E-state index in [-0.39, 0.29) is 0 Å². The molecule has 0 spiro atoms. The van der Waals surface area contributed by atoms with Gasteiger partial charge in [-0.3, -0.25) is 9.89 Å². The number of hydrogen-bond acceptors (Lipinski definition) is 2. The molecule has 0 unspecified atom stereocenters. The predicted octanol–water partition coefficient (Wildman–Crippen LogP) is 1.94. The summed E-state index contributed by atoms with van der Waals surface area (Å²) in [7, 11) is 0. The van der Waals surface area contributed by atoms with Crippen LogP contribution < -0.4 is 5.73 Å². The van der Waals surface area contributed by atoms with E-state index in [1.54, 1.807) is 6.07 Å². The lowest BCUT2D eigenvalue weighted by atomic mass is 10.1. The van der Waals surface area contributed by atoms with Crippen molar-refractivity contribution in [2.45, 2.75) is 0 Å². The van der Waals surface area contributed by atoms with Crippen LogP contribution in [0, 0.1) is 0 Å². The molecule has 2 aromatic rings. The zero-order chi connectivity index (χ0) is 10.8. The Bertz CT molecular complexity index is 507. The molecule has 1 aromatic heterocycles. The van der Waals surface area contributed by atoms with Crippen molar-refractivity contribution >= 4 is 21.8 Å². The molecule has 0 aliphatic rings. The first-order chi connectivity index (χ1) is 7.18. The van der Waals surface area contributed by atoms with Gasteiger partial charge >= 0.3 is 0 Å². The van der Waals surface area contributed by atoms with Gasteiger partial charge in [0.2, 0.25) is 0 Å².